The molecular formula is C17H15Cl2N7O. The Hall–Kier alpha value is -2.42. The molecule has 1 aromatic carbocycles. The van der Waals surface area contributed by atoms with Gasteiger partial charge in [-0.25, -0.2) is 9.97 Å². The van der Waals surface area contributed by atoms with Crippen molar-refractivity contribution in [2.45, 2.75) is 6.04 Å². The zero-order chi connectivity index (χ0) is 18.7. The highest BCUT2D eigenvalue weighted by atomic mass is 35.5. The number of rotatable bonds is 3. The Morgan fingerprint density at radius 3 is 2.59 bits per heavy atom. The summed E-state index contributed by atoms with van der Waals surface area (Å²) < 4.78 is 5.39. The van der Waals surface area contributed by atoms with Crippen LogP contribution in [0.1, 0.15) is 0 Å². The Morgan fingerprint density at radius 2 is 1.89 bits per heavy atom. The topological polar surface area (TPSA) is 120 Å². The van der Waals surface area contributed by atoms with E-state index < -0.39 is 0 Å². The lowest BCUT2D eigenvalue weighted by molar-refractivity contribution is 0.565. The second-order valence-corrected chi connectivity index (χ2v) is 7.57. The van der Waals surface area contributed by atoms with E-state index in [1.54, 1.807) is 18.2 Å². The summed E-state index contributed by atoms with van der Waals surface area (Å²) in [7, 11) is 0. The first-order valence-corrected chi connectivity index (χ1v) is 9.19. The number of nitrogen functional groups attached to an aromatic ring is 1. The maximum atomic E-state index is 6.35. The van der Waals surface area contributed by atoms with E-state index in [4.69, 9.17) is 44.1 Å². The fourth-order valence-corrected chi connectivity index (χ4v) is 4.10. The van der Waals surface area contributed by atoms with Crippen LogP contribution in [0.2, 0.25) is 10.0 Å². The van der Waals surface area contributed by atoms with Crippen LogP contribution in [-0.4, -0.2) is 39.3 Å². The standard InChI is InChI=1S/C17H15Cl2N7O/c18-10-3-1-2-7(11(10)19)13-15(21)24-16(14(23-13)17-25-22-6-27-17)26-4-8-9(5-26)12(8)20/h1-3,6,8-9,12H,4-5,20H2,(H2,21,24). The monoisotopic (exact) mass is 403 g/mol. The molecule has 1 aliphatic carbocycles. The van der Waals surface area contributed by atoms with Crippen molar-refractivity contribution in [1.82, 2.24) is 20.2 Å². The van der Waals surface area contributed by atoms with Crippen LogP contribution in [-0.2, 0) is 0 Å². The molecule has 1 saturated carbocycles. The first-order chi connectivity index (χ1) is 13.0. The van der Waals surface area contributed by atoms with Crippen molar-refractivity contribution >= 4 is 34.8 Å². The Labute approximate surface area is 164 Å². The molecule has 2 aliphatic rings. The van der Waals surface area contributed by atoms with Crippen molar-refractivity contribution in [2.75, 3.05) is 23.7 Å². The van der Waals surface area contributed by atoms with Gasteiger partial charge in [-0.05, 0) is 17.9 Å². The summed E-state index contributed by atoms with van der Waals surface area (Å²) >= 11 is 12.5. The molecule has 5 rings (SSSR count). The third-order valence-electron chi connectivity index (χ3n) is 5.23. The van der Waals surface area contributed by atoms with Crippen LogP contribution in [0.15, 0.2) is 29.0 Å². The van der Waals surface area contributed by atoms with Crippen LogP contribution in [0, 0.1) is 11.8 Å². The largest absolute Gasteiger partial charge is 0.422 e. The van der Waals surface area contributed by atoms with Crippen LogP contribution in [0.5, 0.6) is 0 Å². The normalized spacial score (nSPS) is 23.5. The zero-order valence-corrected chi connectivity index (χ0v) is 15.5. The minimum Gasteiger partial charge on any atom is -0.422 e. The number of hydrogen-bond acceptors (Lipinski definition) is 8. The summed E-state index contributed by atoms with van der Waals surface area (Å²) in [5, 5.41) is 8.52. The average molecular weight is 404 g/mol. The maximum Gasteiger partial charge on any atom is 0.269 e. The molecule has 4 N–H and O–H groups in total. The van der Waals surface area contributed by atoms with Crippen molar-refractivity contribution in [1.29, 1.82) is 0 Å². The lowest BCUT2D eigenvalue weighted by Gasteiger charge is -2.22. The molecule has 3 heterocycles. The van der Waals surface area contributed by atoms with Crippen molar-refractivity contribution in [3.63, 3.8) is 0 Å². The van der Waals surface area contributed by atoms with Gasteiger partial charge in [0, 0.05) is 24.7 Å². The van der Waals surface area contributed by atoms with Gasteiger partial charge in [-0.2, -0.15) is 0 Å². The molecule has 2 aromatic heterocycles. The summed E-state index contributed by atoms with van der Waals surface area (Å²) in [6, 6.07) is 5.53. The van der Waals surface area contributed by atoms with Crippen LogP contribution in [0.25, 0.3) is 22.8 Å². The van der Waals surface area contributed by atoms with Gasteiger partial charge in [0.1, 0.15) is 5.69 Å². The van der Waals surface area contributed by atoms with Gasteiger partial charge in [-0.3, -0.25) is 0 Å². The number of nitrogens with two attached hydrogens (primary N) is 2. The number of hydrogen-bond donors (Lipinski definition) is 2. The molecule has 2 fully saturated rings. The molecule has 0 radical (unpaired) electrons. The van der Waals surface area contributed by atoms with E-state index in [9.17, 15) is 0 Å². The highest BCUT2D eigenvalue weighted by Gasteiger charge is 2.54. The van der Waals surface area contributed by atoms with E-state index in [0.717, 1.165) is 13.1 Å². The van der Waals surface area contributed by atoms with Crippen molar-refractivity contribution in [3.8, 4) is 22.8 Å². The van der Waals surface area contributed by atoms with Gasteiger partial charge in [0.25, 0.3) is 5.89 Å². The Balaban J connectivity index is 1.65. The van der Waals surface area contributed by atoms with E-state index in [1.807, 2.05) is 0 Å². The fraction of sp³-hybridized carbons (Fsp3) is 0.294. The first kappa shape index (κ1) is 16.7. The van der Waals surface area contributed by atoms with Crippen LogP contribution >= 0.6 is 23.2 Å². The van der Waals surface area contributed by atoms with Gasteiger partial charge in [0.05, 0.1) is 10.0 Å². The van der Waals surface area contributed by atoms with Crippen molar-refractivity contribution in [3.05, 3.63) is 34.6 Å². The number of nitrogens with zero attached hydrogens (tertiary/aromatic N) is 5. The predicted molar refractivity (Wildman–Crippen MR) is 102 cm³/mol. The molecule has 0 spiro atoms. The van der Waals surface area contributed by atoms with Gasteiger partial charge in [-0.1, -0.05) is 35.3 Å². The minimum absolute atomic E-state index is 0.252. The summed E-state index contributed by atoms with van der Waals surface area (Å²) in [6.45, 7) is 1.61. The molecule has 2 atom stereocenters. The molecular weight excluding hydrogens is 389 g/mol. The average Bonchev–Trinajstić information content (AvgIpc) is 3.12. The first-order valence-electron chi connectivity index (χ1n) is 8.43. The number of aromatic nitrogens is 4. The number of piperidine rings is 1. The molecule has 10 heteroatoms. The van der Waals surface area contributed by atoms with Crippen LogP contribution in [0.3, 0.4) is 0 Å². The number of benzene rings is 1. The number of halogens is 2. The lowest BCUT2D eigenvalue weighted by atomic mass is 10.1. The van der Waals surface area contributed by atoms with E-state index in [-0.39, 0.29) is 17.8 Å². The van der Waals surface area contributed by atoms with Gasteiger partial charge in [-0.15, -0.1) is 10.2 Å². The molecule has 0 bridgehead atoms. The Kier molecular flexibility index (Phi) is 3.75. The molecule has 8 nitrogen and oxygen atoms in total. The highest BCUT2D eigenvalue weighted by molar-refractivity contribution is 6.43. The van der Waals surface area contributed by atoms with Gasteiger partial charge < -0.3 is 20.8 Å². The molecule has 2 unspecified atom stereocenters. The zero-order valence-electron chi connectivity index (χ0n) is 14.0. The molecule has 3 aromatic rings. The van der Waals surface area contributed by atoms with Gasteiger partial charge in [0.2, 0.25) is 6.39 Å². The van der Waals surface area contributed by atoms with Crippen molar-refractivity contribution < 1.29 is 4.42 Å². The van der Waals surface area contributed by atoms with E-state index in [0.29, 0.717) is 44.7 Å². The fourth-order valence-electron chi connectivity index (χ4n) is 3.71. The number of anilines is 2. The maximum absolute atomic E-state index is 6.35. The smallest absolute Gasteiger partial charge is 0.269 e. The lowest BCUT2D eigenvalue weighted by Crippen LogP contribution is -2.29. The summed E-state index contributed by atoms with van der Waals surface area (Å²) in [4.78, 5) is 11.4. The third kappa shape index (κ3) is 2.63. The summed E-state index contributed by atoms with van der Waals surface area (Å²) in [6.07, 6.45) is 1.25. The molecule has 27 heavy (non-hydrogen) atoms. The van der Waals surface area contributed by atoms with Crippen LogP contribution in [0.4, 0.5) is 11.6 Å². The van der Waals surface area contributed by atoms with Crippen molar-refractivity contribution in [2.24, 2.45) is 17.6 Å². The van der Waals surface area contributed by atoms with Crippen LogP contribution < -0.4 is 16.4 Å². The summed E-state index contributed by atoms with van der Waals surface area (Å²) in [5.41, 5.74) is 13.8. The van der Waals surface area contributed by atoms with E-state index >= 15 is 0 Å². The third-order valence-corrected chi connectivity index (χ3v) is 6.05. The van der Waals surface area contributed by atoms with Gasteiger partial charge >= 0.3 is 0 Å². The molecule has 138 valence electrons. The highest BCUT2D eigenvalue weighted by Crippen LogP contribution is 2.47. The quantitative estimate of drug-likeness (QED) is 0.683. The Bertz CT molecular complexity index is 1010. The predicted octanol–water partition coefficient (Wildman–Crippen LogP) is 2.48. The summed E-state index contributed by atoms with van der Waals surface area (Å²) in [5.74, 6) is 2.08. The molecule has 1 aliphatic heterocycles. The Morgan fingerprint density at radius 1 is 1.11 bits per heavy atom. The second kappa shape index (κ2) is 6.05. The SMILES string of the molecule is Nc1nc(N2CC3C(N)C3C2)c(-c2nnco2)nc1-c1cccc(Cl)c1Cl. The van der Waals surface area contributed by atoms with E-state index in [2.05, 4.69) is 20.1 Å². The molecule has 1 saturated heterocycles. The van der Waals surface area contributed by atoms with Gasteiger partial charge in [0.15, 0.2) is 17.3 Å². The van der Waals surface area contributed by atoms with E-state index in [1.165, 1.54) is 6.39 Å². The second-order valence-electron chi connectivity index (χ2n) is 6.78. The number of fused-ring (bicyclic) bond motifs is 1. The minimum atomic E-state index is 0.252. The molecule has 0 amide bonds.